The second-order valence-corrected chi connectivity index (χ2v) is 10.0. The molecule has 2 aromatic rings. The Morgan fingerprint density at radius 3 is 2.70 bits per heavy atom. The Labute approximate surface area is 217 Å². The fourth-order valence-corrected chi connectivity index (χ4v) is 5.97. The number of hydrogen-bond donors (Lipinski definition) is 6. The summed E-state index contributed by atoms with van der Waals surface area (Å²) in [5, 5.41) is 36.7. The monoisotopic (exact) mass is 550 g/mol. The van der Waals surface area contributed by atoms with Crippen molar-refractivity contribution in [1.82, 2.24) is 25.4 Å². The quantitative estimate of drug-likeness (QED) is 0.156. The highest BCUT2D eigenvalue weighted by Crippen LogP contribution is 2.41. The number of carbonyl (C=O) groups excluding carboxylic acids is 2. The van der Waals surface area contributed by atoms with Gasteiger partial charge in [-0.25, -0.2) is 14.6 Å². The van der Waals surface area contributed by atoms with E-state index in [1.807, 2.05) is 0 Å². The number of thioether (sulfide) groups is 2. The van der Waals surface area contributed by atoms with E-state index in [0.29, 0.717) is 27.9 Å². The van der Waals surface area contributed by atoms with Crippen molar-refractivity contribution in [2.75, 3.05) is 18.1 Å². The predicted molar refractivity (Wildman–Crippen MR) is 129 cm³/mol. The number of nitrogens with one attached hydrogen (secondary N) is 2. The Morgan fingerprint density at radius 1 is 1.30 bits per heavy atom. The minimum Gasteiger partial charge on any atom is -0.508 e. The Bertz CT molecular complexity index is 1250. The van der Waals surface area contributed by atoms with Crippen molar-refractivity contribution in [3.05, 3.63) is 46.9 Å². The van der Waals surface area contributed by atoms with Gasteiger partial charge in [0.25, 0.3) is 5.91 Å². The van der Waals surface area contributed by atoms with Crippen molar-refractivity contribution < 1.29 is 39.2 Å². The topological polar surface area (TPSA) is 221 Å². The fraction of sp³-hybridized carbons (Fsp3) is 0.333. The van der Waals surface area contributed by atoms with Crippen molar-refractivity contribution in [1.29, 1.82) is 0 Å². The summed E-state index contributed by atoms with van der Waals surface area (Å²) >= 11 is 2.47. The molecule has 1 unspecified atom stereocenters. The summed E-state index contributed by atoms with van der Waals surface area (Å²) in [5.74, 6) is -2.69. The Balaban J connectivity index is 1.38. The summed E-state index contributed by atoms with van der Waals surface area (Å²) in [6, 6.07) is 3.79. The molecule has 0 saturated carbocycles. The number of carboxylic acid groups (broad SMARTS) is 2. The van der Waals surface area contributed by atoms with Gasteiger partial charge in [0.05, 0.1) is 0 Å². The van der Waals surface area contributed by atoms with E-state index in [-0.39, 0.29) is 23.8 Å². The molecule has 0 spiro atoms. The summed E-state index contributed by atoms with van der Waals surface area (Å²) in [4.78, 5) is 53.4. The maximum absolute atomic E-state index is 12.9. The molecule has 14 nitrogen and oxygen atoms in total. The van der Waals surface area contributed by atoms with Crippen LogP contribution in [0.1, 0.15) is 17.4 Å². The van der Waals surface area contributed by atoms with Crippen LogP contribution < -0.4 is 11.1 Å². The van der Waals surface area contributed by atoms with Crippen LogP contribution in [0.25, 0.3) is 0 Å². The van der Waals surface area contributed by atoms with Gasteiger partial charge in [0, 0.05) is 11.5 Å². The molecule has 4 rings (SSSR count). The summed E-state index contributed by atoms with van der Waals surface area (Å²) in [6.45, 7) is -0.559. The number of H-pyrrole nitrogens is 1. The number of carboxylic acids is 2. The molecule has 16 heteroatoms. The number of fused-ring (bicyclic) bond motifs is 1. The minimum atomic E-state index is -1.27. The molecule has 37 heavy (non-hydrogen) atoms. The number of phenolic OH excluding ortho intramolecular Hbond substituents is 1. The standard InChI is InChI=1S/C21H22N6O8S2/c22-14(9-1-3-11(28)4-2-9)17(31)24-15-18(32)27-16(20(33)34)10(7-36-19(15)27)8-37-21-23-12(25-26-21)5-35-6-13(29)30/h1-4,14-15,19,28H,5-8,22H2,(H,24,31)(H,29,30)(H,33,34)(H,23,25,26)/t14-,15?,19-/m1/s1. The number of ether oxygens (including phenoxy) is 1. The number of nitrogens with zero attached hydrogens (tertiary/aromatic N) is 3. The van der Waals surface area contributed by atoms with Crippen LogP contribution in [0.4, 0.5) is 0 Å². The number of aromatic nitrogens is 3. The molecule has 7 N–H and O–H groups in total. The average Bonchev–Trinajstić information content (AvgIpc) is 3.32. The first-order valence-corrected chi connectivity index (χ1v) is 12.8. The fourth-order valence-electron chi connectivity index (χ4n) is 3.66. The molecule has 3 atom stereocenters. The van der Waals surface area contributed by atoms with E-state index in [0.717, 1.165) is 16.7 Å². The third kappa shape index (κ3) is 5.87. The van der Waals surface area contributed by atoms with Crippen molar-refractivity contribution in [3.63, 3.8) is 0 Å². The average molecular weight is 551 g/mol. The van der Waals surface area contributed by atoms with Gasteiger partial charge in [0.1, 0.15) is 42.1 Å². The van der Waals surface area contributed by atoms with E-state index in [9.17, 15) is 29.4 Å². The molecule has 2 aliphatic heterocycles. The van der Waals surface area contributed by atoms with Gasteiger partial charge in [-0.3, -0.25) is 19.6 Å². The van der Waals surface area contributed by atoms with Crippen LogP contribution in [0.15, 0.2) is 40.7 Å². The number of hydrogen-bond acceptors (Lipinski definition) is 11. The van der Waals surface area contributed by atoms with E-state index in [1.165, 1.54) is 36.0 Å². The number of carbonyl (C=O) groups is 4. The lowest BCUT2D eigenvalue weighted by Crippen LogP contribution is -2.71. The normalized spacial score (nSPS) is 19.7. The third-order valence-electron chi connectivity index (χ3n) is 5.43. The molecule has 2 aliphatic rings. The predicted octanol–water partition coefficient (Wildman–Crippen LogP) is -0.358. The van der Waals surface area contributed by atoms with Crippen LogP contribution in [-0.4, -0.2) is 88.7 Å². The zero-order valence-electron chi connectivity index (χ0n) is 19.0. The maximum Gasteiger partial charge on any atom is 0.352 e. The van der Waals surface area contributed by atoms with Gasteiger partial charge < -0.3 is 31.1 Å². The van der Waals surface area contributed by atoms with Crippen LogP contribution in [0.5, 0.6) is 5.75 Å². The summed E-state index contributed by atoms with van der Waals surface area (Å²) in [5.41, 5.74) is 6.78. The number of aromatic hydroxyl groups is 1. The van der Waals surface area contributed by atoms with E-state index in [4.69, 9.17) is 15.6 Å². The molecule has 3 heterocycles. The summed E-state index contributed by atoms with van der Waals surface area (Å²) < 4.78 is 4.94. The van der Waals surface area contributed by atoms with Gasteiger partial charge in [-0.2, -0.15) is 0 Å². The second kappa shape index (κ2) is 11.2. The Morgan fingerprint density at radius 2 is 2.03 bits per heavy atom. The zero-order chi connectivity index (χ0) is 26.7. The largest absolute Gasteiger partial charge is 0.508 e. The second-order valence-electron chi connectivity index (χ2n) is 7.96. The first-order valence-electron chi connectivity index (χ1n) is 10.7. The van der Waals surface area contributed by atoms with E-state index >= 15 is 0 Å². The zero-order valence-corrected chi connectivity index (χ0v) is 20.6. The van der Waals surface area contributed by atoms with Crippen LogP contribution >= 0.6 is 23.5 Å². The molecule has 0 radical (unpaired) electrons. The van der Waals surface area contributed by atoms with Gasteiger partial charge >= 0.3 is 11.9 Å². The molecule has 196 valence electrons. The van der Waals surface area contributed by atoms with Gasteiger partial charge in [0.15, 0.2) is 5.82 Å². The van der Waals surface area contributed by atoms with E-state index in [2.05, 4.69) is 20.5 Å². The third-order valence-corrected chi connectivity index (χ3v) is 7.71. The van der Waals surface area contributed by atoms with Crippen LogP contribution in [0.3, 0.4) is 0 Å². The maximum atomic E-state index is 12.9. The minimum absolute atomic E-state index is 0.0231. The number of nitrogens with two attached hydrogens (primary N) is 1. The van der Waals surface area contributed by atoms with Crippen LogP contribution in [0.2, 0.25) is 0 Å². The van der Waals surface area contributed by atoms with Crippen LogP contribution in [-0.2, 0) is 30.5 Å². The molecule has 1 aromatic carbocycles. The van der Waals surface area contributed by atoms with E-state index < -0.39 is 47.8 Å². The van der Waals surface area contributed by atoms with Crippen molar-refractivity contribution in [2.24, 2.45) is 5.73 Å². The smallest absolute Gasteiger partial charge is 0.352 e. The lowest BCUT2D eigenvalue weighted by molar-refractivity contribution is -0.150. The number of aromatic amines is 1. The number of rotatable bonds is 11. The lowest BCUT2D eigenvalue weighted by Gasteiger charge is -2.49. The van der Waals surface area contributed by atoms with Gasteiger partial charge in [-0.1, -0.05) is 23.9 Å². The number of aliphatic carboxylic acids is 2. The molecule has 1 aromatic heterocycles. The number of amides is 2. The number of β-lactam (4-membered cyclic amide) rings is 1. The van der Waals surface area contributed by atoms with Crippen molar-refractivity contribution >= 4 is 47.3 Å². The number of benzene rings is 1. The summed E-state index contributed by atoms with van der Waals surface area (Å²) in [6.07, 6.45) is 0. The van der Waals surface area contributed by atoms with Crippen LogP contribution in [0, 0.1) is 0 Å². The highest BCUT2D eigenvalue weighted by atomic mass is 32.2. The molecule has 1 saturated heterocycles. The van der Waals surface area contributed by atoms with E-state index in [1.54, 1.807) is 0 Å². The summed E-state index contributed by atoms with van der Waals surface area (Å²) in [7, 11) is 0. The number of phenols is 1. The molecule has 0 aliphatic carbocycles. The molecule has 1 fully saturated rings. The SMILES string of the molecule is N[C@@H](C(=O)NC1C(=O)N2C(C(=O)O)=C(CSc3n[nH]c(COCC(=O)O)n3)CS[C@H]12)c1ccc(O)cc1. The first kappa shape index (κ1) is 26.5. The van der Waals surface area contributed by atoms with Gasteiger partial charge in [-0.05, 0) is 23.3 Å². The first-order chi connectivity index (χ1) is 17.7. The molecular weight excluding hydrogens is 528 g/mol. The highest BCUT2D eigenvalue weighted by Gasteiger charge is 2.54. The Kier molecular flexibility index (Phi) is 8.01. The van der Waals surface area contributed by atoms with Gasteiger partial charge in [-0.15, -0.1) is 16.9 Å². The van der Waals surface area contributed by atoms with Crippen molar-refractivity contribution in [3.8, 4) is 5.75 Å². The molecular formula is C21H22N6O8S2. The highest BCUT2D eigenvalue weighted by molar-refractivity contribution is 8.01. The van der Waals surface area contributed by atoms with Crippen molar-refractivity contribution in [2.45, 2.75) is 29.2 Å². The van der Waals surface area contributed by atoms with Gasteiger partial charge in [0.2, 0.25) is 11.1 Å². The Hall–Kier alpha value is -3.60. The molecule has 2 amide bonds. The lowest BCUT2D eigenvalue weighted by atomic mass is 10.0. The molecule has 0 bridgehead atoms.